The van der Waals surface area contributed by atoms with Crippen LogP contribution in [-0.4, -0.2) is 33.3 Å². The molecule has 1 atom stereocenters. The monoisotopic (exact) mass is 255 g/mol. The summed E-state index contributed by atoms with van der Waals surface area (Å²) in [5, 5.41) is 12.3. The van der Waals surface area contributed by atoms with Crippen molar-refractivity contribution >= 4 is 16.7 Å². The second-order valence-electron chi connectivity index (χ2n) is 3.66. The molecule has 1 aromatic rings. The molecule has 1 aromatic carbocycles. The zero-order chi connectivity index (χ0) is 12.8. The molecule has 0 aliphatic rings. The van der Waals surface area contributed by atoms with Gasteiger partial charge >= 0.3 is 0 Å². The SMILES string of the molecule is CCS(=O)CCNC(=O)c1cccc(C)c1O. The predicted molar refractivity (Wildman–Crippen MR) is 68.7 cm³/mol. The second-order valence-corrected chi connectivity index (χ2v) is 5.52. The van der Waals surface area contributed by atoms with E-state index in [9.17, 15) is 14.1 Å². The summed E-state index contributed by atoms with van der Waals surface area (Å²) in [5.41, 5.74) is 0.919. The van der Waals surface area contributed by atoms with Crippen molar-refractivity contribution in [2.45, 2.75) is 13.8 Å². The molecule has 1 unspecified atom stereocenters. The van der Waals surface area contributed by atoms with E-state index < -0.39 is 10.8 Å². The minimum atomic E-state index is -0.887. The maximum Gasteiger partial charge on any atom is 0.255 e. The number of nitrogens with one attached hydrogen (secondary N) is 1. The van der Waals surface area contributed by atoms with Gasteiger partial charge in [-0.05, 0) is 18.6 Å². The van der Waals surface area contributed by atoms with Crippen LogP contribution in [0.3, 0.4) is 0 Å². The van der Waals surface area contributed by atoms with Gasteiger partial charge in [0.1, 0.15) is 5.75 Å². The lowest BCUT2D eigenvalue weighted by Crippen LogP contribution is -2.28. The lowest BCUT2D eigenvalue weighted by Gasteiger charge is -2.07. The molecule has 0 aliphatic heterocycles. The Morgan fingerprint density at radius 2 is 2.18 bits per heavy atom. The van der Waals surface area contributed by atoms with Crippen LogP contribution in [0.2, 0.25) is 0 Å². The molecule has 17 heavy (non-hydrogen) atoms. The molecule has 94 valence electrons. The highest BCUT2D eigenvalue weighted by atomic mass is 32.2. The van der Waals surface area contributed by atoms with Gasteiger partial charge in [-0.3, -0.25) is 9.00 Å². The minimum absolute atomic E-state index is 0.00149. The van der Waals surface area contributed by atoms with Crippen molar-refractivity contribution in [3.8, 4) is 5.75 Å². The normalized spacial score (nSPS) is 12.1. The first-order valence-electron chi connectivity index (χ1n) is 5.48. The number of aromatic hydroxyl groups is 1. The van der Waals surface area contributed by atoms with Gasteiger partial charge in [-0.25, -0.2) is 0 Å². The second kappa shape index (κ2) is 6.39. The van der Waals surface area contributed by atoms with Crippen LogP contribution in [0.1, 0.15) is 22.8 Å². The Bertz CT molecular complexity index is 432. The summed E-state index contributed by atoms with van der Waals surface area (Å²) in [6.45, 7) is 3.93. The van der Waals surface area contributed by atoms with Crippen LogP contribution in [0, 0.1) is 6.92 Å². The van der Waals surface area contributed by atoms with Gasteiger partial charge in [0, 0.05) is 28.9 Å². The predicted octanol–water partition coefficient (Wildman–Crippen LogP) is 1.20. The number of amides is 1. The Kier molecular flexibility index (Phi) is 5.15. The fourth-order valence-electron chi connectivity index (χ4n) is 1.36. The summed E-state index contributed by atoms with van der Waals surface area (Å²) in [6, 6.07) is 5.01. The van der Waals surface area contributed by atoms with Gasteiger partial charge in [0.05, 0.1) is 5.56 Å². The first kappa shape index (κ1) is 13.7. The van der Waals surface area contributed by atoms with Gasteiger partial charge in [0.15, 0.2) is 0 Å². The van der Waals surface area contributed by atoms with Gasteiger partial charge < -0.3 is 10.4 Å². The molecule has 0 radical (unpaired) electrons. The number of aryl methyl sites for hydroxylation is 1. The Morgan fingerprint density at radius 1 is 1.47 bits per heavy atom. The number of para-hydroxylation sites is 1. The average Bonchev–Trinajstić information content (AvgIpc) is 2.32. The van der Waals surface area contributed by atoms with E-state index in [0.29, 0.717) is 23.6 Å². The third-order valence-electron chi connectivity index (χ3n) is 2.42. The maximum absolute atomic E-state index is 11.7. The highest BCUT2D eigenvalue weighted by molar-refractivity contribution is 7.84. The third kappa shape index (κ3) is 3.85. The molecule has 0 saturated heterocycles. The van der Waals surface area contributed by atoms with E-state index in [0.717, 1.165) is 0 Å². The summed E-state index contributed by atoms with van der Waals surface area (Å²) in [6.07, 6.45) is 0. The summed E-state index contributed by atoms with van der Waals surface area (Å²) in [4.78, 5) is 11.7. The number of phenolic OH excluding ortho intramolecular Hbond substituents is 1. The van der Waals surface area contributed by atoms with Crippen LogP contribution in [-0.2, 0) is 10.8 Å². The molecular formula is C12H17NO3S. The van der Waals surface area contributed by atoms with Crippen LogP contribution in [0.5, 0.6) is 5.75 Å². The topological polar surface area (TPSA) is 66.4 Å². The highest BCUT2D eigenvalue weighted by Crippen LogP contribution is 2.20. The molecule has 0 fully saturated rings. The Balaban J connectivity index is 2.59. The van der Waals surface area contributed by atoms with E-state index >= 15 is 0 Å². The van der Waals surface area contributed by atoms with Crippen molar-refractivity contribution in [1.82, 2.24) is 5.32 Å². The van der Waals surface area contributed by atoms with Gasteiger partial charge in [0.2, 0.25) is 0 Å². The zero-order valence-corrected chi connectivity index (χ0v) is 10.8. The molecule has 1 rings (SSSR count). The lowest BCUT2D eigenvalue weighted by atomic mass is 10.1. The number of rotatable bonds is 5. The number of carbonyl (C=O) groups is 1. The number of hydrogen-bond donors (Lipinski definition) is 2. The summed E-state index contributed by atoms with van der Waals surface area (Å²) in [7, 11) is -0.887. The van der Waals surface area contributed by atoms with Crippen LogP contribution in [0.25, 0.3) is 0 Å². The first-order valence-corrected chi connectivity index (χ1v) is 6.96. The standard InChI is InChI=1S/C12H17NO3S/c1-3-17(16)8-7-13-12(15)10-6-4-5-9(2)11(10)14/h4-6,14H,3,7-8H2,1-2H3,(H,13,15). The van der Waals surface area contributed by atoms with Gasteiger partial charge in [-0.2, -0.15) is 0 Å². The van der Waals surface area contributed by atoms with Crippen LogP contribution in [0.15, 0.2) is 18.2 Å². The number of carbonyl (C=O) groups excluding carboxylic acids is 1. The van der Waals surface area contributed by atoms with Crippen LogP contribution in [0.4, 0.5) is 0 Å². The fourth-order valence-corrected chi connectivity index (χ4v) is 1.98. The van der Waals surface area contributed by atoms with Crippen molar-refractivity contribution in [3.05, 3.63) is 29.3 Å². The summed E-state index contributed by atoms with van der Waals surface area (Å²) in [5.74, 6) is 0.696. The van der Waals surface area contributed by atoms with Crippen LogP contribution >= 0.6 is 0 Å². The van der Waals surface area contributed by atoms with E-state index in [2.05, 4.69) is 5.32 Å². The zero-order valence-electron chi connectivity index (χ0n) is 10.0. The molecule has 0 saturated carbocycles. The fraction of sp³-hybridized carbons (Fsp3) is 0.417. The molecule has 0 aliphatic carbocycles. The van der Waals surface area contributed by atoms with Crippen LogP contribution < -0.4 is 5.32 Å². The molecule has 0 aromatic heterocycles. The third-order valence-corrected chi connectivity index (χ3v) is 3.72. The van der Waals surface area contributed by atoms with E-state index in [1.165, 1.54) is 0 Å². The molecule has 0 heterocycles. The molecule has 1 amide bonds. The molecule has 5 heteroatoms. The number of benzene rings is 1. The Labute approximate surface area is 104 Å². The smallest absolute Gasteiger partial charge is 0.255 e. The molecule has 2 N–H and O–H groups in total. The summed E-state index contributed by atoms with van der Waals surface area (Å²) < 4.78 is 11.2. The number of hydrogen-bond acceptors (Lipinski definition) is 3. The maximum atomic E-state index is 11.7. The molecule has 0 bridgehead atoms. The van der Waals surface area contributed by atoms with Gasteiger partial charge in [0.25, 0.3) is 5.91 Å². The molecule has 4 nitrogen and oxygen atoms in total. The van der Waals surface area contributed by atoms with Crippen molar-refractivity contribution in [2.24, 2.45) is 0 Å². The van der Waals surface area contributed by atoms with E-state index in [-0.39, 0.29) is 17.2 Å². The molecular weight excluding hydrogens is 238 g/mol. The minimum Gasteiger partial charge on any atom is -0.507 e. The quantitative estimate of drug-likeness (QED) is 0.831. The molecule has 0 spiro atoms. The number of phenols is 1. The van der Waals surface area contributed by atoms with E-state index in [1.807, 2.05) is 6.92 Å². The Hall–Kier alpha value is -1.36. The van der Waals surface area contributed by atoms with E-state index in [4.69, 9.17) is 0 Å². The van der Waals surface area contributed by atoms with Gasteiger partial charge in [-0.1, -0.05) is 19.1 Å². The van der Waals surface area contributed by atoms with Crippen molar-refractivity contribution < 1.29 is 14.1 Å². The average molecular weight is 255 g/mol. The van der Waals surface area contributed by atoms with E-state index in [1.54, 1.807) is 25.1 Å². The highest BCUT2D eigenvalue weighted by Gasteiger charge is 2.11. The lowest BCUT2D eigenvalue weighted by molar-refractivity contribution is 0.0953. The van der Waals surface area contributed by atoms with Gasteiger partial charge in [-0.15, -0.1) is 0 Å². The first-order chi connectivity index (χ1) is 8.06. The van der Waals surface area contributed by atoms with Crippen molar-refractivity contribution in [3.63, 3.8) is 0 Å². The van der Waals surface area contributed by atoms with Crippen molar-refractivity contribution in [1.29, 1.82) is 0 Å². The van der Waals surface area contributed by atoms with Crippen molar-refractivity contribution in [2.75, 3.05) is 18.1 Å². The largest absolute Gasteiger partial charge is 0.507 e. The Morgan fingerprint density at radius 3 is 2.82 bits per heavy atom. The summed E-state index contributed by atoms with van der Waals surface area (Å²) >= 11 is 0.